The van der Waals surface area contributed by atoms with Crippen molar-refractivity contribution in [1.82, 2.24) is 9.97 Å². The zero-order valence-electron chi connectivity index (χ0n) is 11.4. The van der Waals surface area contributed by atoms with Crippen LogP contribution < -0.4 is 4.90 Å². The SMILES string of the molecule is O=C(O)c1cnc(N2CCOC3(CCCCC3)C2)cn1. The van der Waals surface area contributed by atoms with Crippen molar-refractivity contribution < 1.29 is 14.6 Å². The molecule has 1 N–H and O–H groups in total. The van der Waals surface area contributed by atoms with Crippen molar-refractivity contribution in [2.45, 2.75) is 37.7 Å². The highest BCUT2D eigenvalue weighted by molar-refractivity contribution is 5.84. The maximum atomic E-state index is 10.8. The van der Waals surface area contributed by atoms with Gasteiger partial charge in [-0.2, -0.15) is 0 Å². The lowest BCUT2D eigenvalue weighted by Crippen LogP contribution is -2.53. The van der Waals surface area contributed by atoms with E-state index in [1.54, 1.807) is 6.20 Å². The van der Waals surface area contributed by atoms with Crippen LogP contribution in [0.25, 0.3) is 0 Å². The van der Waals surface area contributed by atoms with Crippen molar-refractivity contribution in [3.05, 3.63) is 18.1 Å². The van der Waals surface area contributed by atoms with Gasteiger partial charge in [0.1, 0.15) is 5.82 Å². The third kappa shape index (κ3) is 2.60. The summed E-state index contributed by atoms with van der Waals surface area (Å²) < 4.78 is 6.04. The van der Waals surface area contributed by atoms with Crippen LogP contribution in [0.4, 0.5) is 5.82 Å². The topological polar surface area (TPSA) is 75.5 Å². The van der Waals surface area contributed by atoms with E-state index in [1.807, 2.05) is 0 Å². The number of aromatic carboxylic acids is 1. The summed E-state index contributed by atoms with van der Waals surface area (Å²) in [5.41, 5.74) is -0.0571. The van der Waals surface area contributed by atoms with Gasteiger partial charge in [0, 0.05) is 13.1 Å². The molecule has 1 aliphatic heterocycles. The van der Waals surface area contributed by atoms with Crippen LogP contribution in [0, 0.1) is 0 Å². The largest absolute Gasteiger partial charge is 0.476 e. The molecule has 0 bridgehead atoms. The summed E-state index contributed by atoms with van der Waals surface area (Å²) in [5, 5.41) is 8.85. The second-order valence-corrected chi connectivity index (χ2v) is 5.58. The normalized spacial score (nSPS) is 21.9. The Morgan fingerprint density at radius 3 is 2.70 bits per heavy atom. The van der Waals surface area contributed by atoms with E-state index in [0.29, 0.717) is 6.61 Å². The van der Waals surface area contributed by atoms with Gasteiger partial charge >= 0.3 is 5.97 Å². The third-order valence-electron chi connectivity index (χ3n) is 4.19. The molecule has 1 saturated carbocycles. The summed E-state index contributed by atoms with van der Waals surface area (Å²) in [6, 6.07) is 0. The predicted molar refractivity (Wildman–Crippen MR) is 73.0 cm³/mol. The number of rotatable bonds is 2. The molecule has 0 atom stereocenters. The molecule has 1 saturated heterocycles. The Kier molecular flexibility index (Phi) is 3.56. The van der Waals surface area contributed by atoms with Gasteiger partial charge in [-0.05, 0) is 12.8 Å². The minimum atomic E-state index is -1.05. The number of anilines is 1. The lowest BCUT2D eigenvalue weighted by Gasteiger charge is -2.45. The summed E-state index contributed by atoms with van der Waals surface area (Å²) >= 11 is 0. The molecule has 6 nitrogen and oxygen atoms in total. The van der Waals surface area contributed by atoms with Gasteiger partial charge in [-0.3, -0.25) is 0 Å². The number of hydrogen-bond acceptors (Lipinski definition) is 5. The smallest absolute Gasteiger partial charge is 0.356 e. The molecule has 1 aromatic rings. The average Bonchev–Trinajstić information content (AvgIpc) is 2.48. The number of hydrogen-bond donors (Lipinski definition) is 1. The average molecular weight is 277 g/mol. The minimum absolute atomic E-state index is 0.0191. The number of nitrogens with zero attached hydrogens (tertiary/aromatic N) is 3. The summed E-state index contributed by atoms with van der Waals surface area (Å²) in [5.74, 6) is -0.307. The van der Waals surface area contributed by atoms with Crippen LogP contribution in [-0.4, -0.2) is 46.3 Å². The van der Waals surface area contributed by atoms with E-state index in [1.165, 1.54) is 25.5 Å². The Labute approximate surface area is 117 Å². The van der Waals surface area contributed by atoms with E-state index < -0.39 is 5.97 Å². The summed E-state index contributed by atoms with van der Waals surface area (Å²) in [4.78, 5) is 21.1. The molecule has 1 spiro atoms. The molecule has 2 heterocycles. The Bertz CT molecular complexity index is 477. The van der Waals surface area contributed by atoms with Gasteiger partial charge in [0.15, 0.2) is 5.69 Å². The summed E-state index contributed by atoms with van der Waals surface area (Å²) in [7, 11) is 0. The van der Waals surface area contributed by atoms with Crippen LogP contribution >= 0.6 is 0 Å². The highest BCUT2D eigenvalue weighted by atomic mass is 16.5. The molecule has 1 aliphatic carbocycles. The number of carboxylic acids is 1. The van der Waals surface area contributed by atoms with Gasteiger partial charge < -0.3 is 14.7 Å². The molecule has 20 heavy (non-hydrogen) atoms. The highest BCUT2D eigenvalue weighted by Crippen LogP contribution is 2.35. The predicted octanol–water partition coefficient (Wildman–Crippen LogP) is 1.71. The fourth-order valence-electron chi connectivity index (χ4n) is 3.13. The number of ether oxygens (including phenoxy) is 1. The van der Waals surface area contributed by atoms with Gasteiger partial charge in [0.2, 0.25) is 0 Å². The number of carbonyl (C=O) groups is 1. The second kappa shape index (κ2) is 5.36. The van der Waals surface area contributed by atoms with Crippen LogP contribution in [0.5, 0.6) is 0 Å². The maximum absolute atomic E-state index is 10.8. The zero-order chi connectivity index (χ0) is 14.0. The molecular weight excluding hydrogens is 258 g/mol. The van der Waals surface area contributed by atoms with Crippen molar-refractivity contribution in [1.29, 1.82) is 0 Å². The molecule has 6 heteroatoms. The van der Waals surface area contributed by atoms with Gasteiger partial charge in [-0.1, -0.05) is 19.3 Å². The molecule has 0 unspecified atom stereocenters. The Balaban J connectivity index is 1.74. The van der Waals surface area contributed by atoms with Crippen molar-refractivity contribution in [3.63, 3.8) is 0 Å². The molecule has 108 valence electrons. The number of aromatic nitrogens is 2. The fourth-order valence-corrected chi connectivity index (χ4v) is 3.13. The fraction of sp³-hybridized carbons (Fsp3) is 0.643. The van der Waals surface area contributed by atoms with Gasteiger partial charge in [0.25, 0.3) is 0 Å². The lowest BCUT2D eigenvalue weighted by atomic mass is 9.83. The van der Waals surface area contributed by atoms with Crippen LogP contribution in [-0.2, 0) is 4.74 Å². The van der Waals surface area contributed by atoms with Gasteiger partial charge in [0.05, 0.1) is 24.6 Å². The van der Waals surface area contributed by atoms with Crippen molar-refractivity contribution in [2.24, 2.45) is 0 Å². The van der Waals surface area contributed by atoms with Gasteiger partial charge in [-0.25, -0.2) is 14.8 Å². The molecule has 0 amide bonds. The Morgan fingerprint density at radius 2 is 2.05 bits per heavy atom. The maximum Gasteiger partial charge on any atom is 0.356 e. The second-order valence-electron chi connectivity index (χ2n) is 5.58. The summed E-state index contributed by atoms with van der Waals surface area (Å²) in [6.07, 6.45) is 8.80. The van der Waals surface area contributed by atoms with Crippen molar-refractivity contribution in [3.8, 4) is 0 Å². The third-order valence-corrected chi connectivity index (χ3v) is 4.19. The van der Waals surface area contributed by atoms with Crippen LogP contribution in [0.15, 0.2) is 12.4 Å². The lowest BCUT2D eigenvalue weighted by molar-refractivity contribution is -0.0783. The quantitative estimate of drug-likeness (QED) is 0.887. The van der Waals surface area contributed by atoms with Crippen molar-refractivity contribution >= 4 is 11.8 Å². The van der Waals surface area contributed by atoms with E-state index in [-0.39, 0.29) is 11.3 Å². The Morgan fingerprint density at radius 1 is 1.25 bits per heavy atom. The van der Waals surface area contributed by atoms with Crippen LogP contribution in [0.2, 0.25) is 0 Å². The molecule has 3 rings (SSSR count). The van der Waals surface area contributed by atoms with Crippen LogP contribution in [0.3, 0.4) is 0 Å². The first-order chi connectivity index (χ1) is 9.69. The van der Waals surface area contributed by atoms with E-state index in [0.717, 1.165) is 31.7 Å². The zero-order valence-corrected chi connectivity index (χ0v) is 11.4. The molecule has 0 aromatic carbocycles. The monoisotopic (exact) mass is 277 g/mol. The van der Waals surface area contributed by atoms with Crippen LogP contribution in [0.1, 0.15) is 42.6 Å². The first kappa shape index (κ1) is 13.3. The number of carboxylic acid groups (broad SMARTS) is 1. The van der Waals surface area contributed by atoms with E-state index in [2.05, 4.69) is 14.9 Å². The van der Waals surface area contributed by atoms with E-state index >= 15 is 0 Å². The highest BCUT2D eigenvalue weighted by Gasteiger charge is 2.38. The van der Waals surface area contributed by atoms with Crippen molar-refractivity contribution in [2.75, 3.05) is 24.6 Å². The molecule has 0 radical (unpaired) electrons. The van der Waals surface area contributed by atoms with E-state index in [9.17, 15) is 4.79 Å². The molecule has 2 fully saturated rings. The number of morpholine rings is 1. The molecular formula is C14H19N3O3. The molecule has 1 aromatic heterocycles. The first-order valence-corrected chi connectivity index (χ1v) is 7.13. The molecule has 2 aliphatic rings. The summed E-state index contributed by atoms with van der Waals surface area (Å²) in [6.45, 7) is 2.30. The Hall–Kier alpha value is -1.69. The first-order valence-electron chi connectivity index (χ1n) is 7.13. The minimum Gasteiger partial charge on any atom is -0.476 e. The van der Waals surface area contributed by atoms with E-state index in [4.69, 9.17) is 9.84 Å². The van der Waals surface area contributed by atoms with Gasteiger partial charge in [-0.15, -0.1) is 0 Å². The standard InChI is InChI=1S/C14H19N3O3/c18-13(19)11-8-16-12(9-15-11)17-6-7-20-14(10-17)4-2-1-3-5-14/h8-9H,1-7,10H2,(H,18,19).